The summed E-state index contributed by atoms with van der Waals surface area (Å²) in [5, 5.41) is 0. The van der Waals surface area contributed by atoms with Gasteiger partial charge in [-0.25, -0.2) is 0 Å². The minimum Gasteiger partial charge on any atom is -0.374 e. The van der Waals surface area contributed by atoms with Crippen LogP contribution in [0.25, 0.3) is 0 Å². The van der Waals surface area contributed by atoms with Crippen molar-refractivity contribution < 1.29 is 0 Å². The lowest BCUT2D eigenvalue weighted by Gasteiger charge is -2.27. The van der Waals surface area contributed by atoms with Crippen LogP contribution in [0.3, 0.4) is 0 Å². The fourth-order valence-electron chi connectivity index (χ4n) is 2.31. The molecule has 0 amide bonds. The van der Waals surface area contributed by atoms with Crippen LogP contribution in [-0.2, 0) is 0 Å². The Bertz CT molecular complexity index is 336. The number of likely N-dealkylation sites (N-methyl/N-ethyl adjacent to an activating group) is 1. The summed E-state index contributed by atoms with van der Waals surface area (Å²) < 4.78 is 0. The third kappa shape index (κ3) is 4.21. The first kappa shape index (κ1) is 14.8. The van der Waals surface area contributed by atoms with Gasteiger partial charge in [0.2, 0.25) is 0 Å². The van der Waals surface area contributed by atoms with E-state index in [4.69, 9.17) is 0 Å². The van der Waals surface area contributed by atoms with E-state index in [1.807, 2.05) is 0 Å². The van der Waals surface area contributed by atoms with Crippen LogP contribution >= 0.6 is 0 Å². The minimum absolute atomic E-state index is 0.479. The van der Waals surface area contributed by atoms with Gasteiger partial charge in [-0.05, 0) is 25.2 Å². The van der Waals surface area contributed by atoms with Crippen LogP contribution in [0, 0.1) is 11.8 Å². The van der Waals surface area contributed by atoms with Gasteiger partial charge in [0.05, 0.1) is 0 Å². The summed E-state index contributed by atoms with van der Waals surface area (Å²) in [6.07, 6.45) is 17.0. The Morgan fingerprint density at radius 3 is 2.67 bits per heavy atom. The van der Waals surface area contributed by atoms with Crippen molar-refractivity contribution >= 4 is 0 Å². The summed E-state index contributed by atoms with van der Waals surface area (Å²) in [6.45, 7) is 9.59. The van der Waals surface area contributed by atoms with Gasteiger partial charge in [0.15, 0.2) is 0 Å². The monoisotopic (exact) mass is 245 g/mol. The van der Waals surface area contributed by atoms with E-state index in [1.165, 1.54) is 5.70 Å². The Kier molecular flexibility index (Phi) is 6.56. The molecule has 0 saturated carbocycles. The summed E-state index contributed by atoms with van der Waals surface area (Å²) in [6, 6.07) is 0. The summed E-state index contributed by atoms with van der Waals surface area (Å²) in [5.41, 5.74) is 1.23. The zero-order chi connectivity index (χ0) is 13.4. The minimum atomic E-state index is 0.479. The molecule has 0 aromatic carbocycles. The molecule has 1 aliphatic carbocycles. The van der Waals surface area contributed by atoms with Gasteiger partial charge in [0.1, 0.15) is 0 Å². The number of allylic oxidation sites excluding steroid dienone is 5. The van der Waals surface area contributed by atoms with Crippen molar-refractivity contribution in [1.29, 1.82) is 0 Å². The first-order valence-corrected chi connectivity index (χ1v) is 7.08. The van der Waals surface area contributed by atoms with Crippen LogP contribution < -0.4 is 0 Å². The Morgan fingerprint density at radius 2 is 2.00 bits per heavy atom. The molecular weight excluding hydrogens is 218 g/mol. The van der Waals surface area contributed by atoms with Gasteiger partial charge >= 0.3 is 0 Å². The molecule has 1 rings (SSSR count). The third-order valence-corrected chi connectivity index (χ3v) is 3.49. The van der Waals surface area contributed by atoms with Crippen molar-refractivity contribution in [1.82, 2.24) is 4.90 Å². The molecule has 18 heavy (non-hydrogen) atoms. The topological polar surface area (TPSA) is 3.24 Å². The molecule has 1 heteroatoms. The SMILES string of the molecule is C=C(C1C=CCC1/C=C/CC)N(C)C/C=C\CC. The molecule has 1 aliphatic rings. The highest BCUT2D eigenvalue weighted by molar-refractivity contribution is 5.19. The van der Waals surface area contributed by atoms with E-state index in [0.29, 0.717) is 11.8 Å². The van der Waals surface area contributed by atoms with E-state index in [-0.39, 0.29) is 0 Å². The number of hydrogen-bond donors (Lipinski definition) is 0. The number of nitrogens with zero attached hydrogens (tertiary/aromatic N) is 1. The van der Waals surface area contributed by atoms with E-state index in [2.05, 4.69) is 68.8 Å². The normalized spacial score (nSPS) is 23.3. The van der Waals surface area contributed by atoms with Gasteiger partial charge in [-0.2, -0.15) is 0 Å². The maximum atomic E-state index is 4.28. The highest BCUT2D eigenvalue weighted by Crippen LogP contribution is 2.32. The standard InChI is InChI=1S/C17H27N/c1-5-7-9-14-18(4)15(3)17-13-10-12-16(17)11-8-6-2/h7-11,13,16-17H,3,5-6,12,14H2,1-2,4H3/b9-7-,11-8+. The average molecular weight is 245 g/mol. The zero-order valence-electron chi connectivity index (χ0n) is 12.1. The molecule has 100 valence electrons. The van der Waals surface area contributed by atoms with E-state index in [0.717, 1.165) is 25.8 Å². The molecule has 0 N–H and O–H groups in total. The van der Waals surface area contributed by atoms with Crippen molar-refractivity contribution in [2.45, 2.75) is 33.1 Å². The number of rotatable bonds is 7. The predicted molar refractivity (Wildman–Crippen MR) is 81.4 cm³/mol. The quantitative estimate of drug-likeness (QED) is 0.594. The Balaban J connectivity index is 2.56. The Labute approximate surface area is 113 Å². The van der Waals surface area contributed by atoms with Crippen LogP contribution in [0.4, 0.5) is 0 Å². The maximum Gasteiger partial charge on any atom is 0.0353 e. The summed E-state index contributed by atoms with van der Waals surface area (Å²) in [4.78, 5) is 2.26. The van der Waals surface area contributed by atoms with E-state index < -0.39 is 0 Å². The molecule has 0 aromatic rings. The molecule has 0 aliphatic heterocycles. The largest absolute Gasteiger partial charge is 0.374 e. The molecule has 0 saturated heterocycles. The Hall–Kier alpha value is -1.24. The Morgan fingerprint density at radius 1 is 1.28 bits per heavy atom. The lowest BCUT2D eigenvalue weighted by Crippen LogP contribution is -2.24. The van der Waals surface area contributed by atoms with Crippen LogP contribution in [-0.4, -0.2) is 18.5 Å². The first-order chi connectivity index (χ1) is 8.70. The van der Waals surface area contributed by atoms with Crippen LogP contribution in [0.2, 0.25) is 0 Å². The van der Waals surface area contributed by atoms with Crippen LogP contribution in [0.15, 0.2) is 48.7 Å². The molecule has 0 radical (unpaired) electrons. The zero-order valence-corrected chi connectivity index (χ0v) is 12.1. The van der Waals surface area contributed by atoms with Gasteiger partial charge in [-0.3, -0.25) is 0 Å². The van der Waals surface area contributed by atoms with Crippen LogP contribution in [0.5, 0.6) is 0 Å². The van der Waals surface area contributed by atoms with E-state index >= 15 is 0 Å². The van der Waals surface area contributed by atoms with E-state index in [1.54, 1.807) is 0 Å². The van der Waals surface area contributed by atoms with E-state index in [9.17, 15) is 0 Å². The maximum absolute atomic E-state index is 4.28. The second-order valence-electron chi connectivity index (χ2n) is 4.94. The second-order valence-corrected chi connectivity index (χ2v) is 4.94. The van der Waals surface area contributed by atoms with Gasteiger partial charge in [-0.15, -0.1) is 0 Å². The molecule has 1 nitrogen and oxygen atoms in total. The van der Waals surface area contributed by atoms with Crippen molar-refractivity contribution in [3.63, 3.8) is 0 Å². The van der Waals surface area contributed by atoms with Gasteiger partial charge in [0, 0.05) is 25.2 Å². The predicted octanol–water partition coefficient (Wildman–Crippen LogP) is 4.56. The molecule has 0 aromatic heterocycles. The highest BCUT2D eigenvalue weighted by atomic mass is 15.1. The number of hydrogen-bond acceptors (Lipinski definition) is 1. The molecule has 0 spiro atoms. The lowest BCUT2D eigenvalue weighted by atomic mass is 9.92. The smallest absolute Gasteiger partial charge is 0.0353 e. The highest BCUT2D eigenvalue weighted by Gasteiger charge is 2.24. The molecule has 0 fully saturated rings. The summed E-state index contributed by atoms with van der Waals surface area (Å²) >= 11 is 0. The van der Waals surface area contributed by atoms with Crippen LogP contribution in [0.1, 0.15) is 33.1 Å². The summed E-state index contributed by atoms with van der Waals surface area (Å²) in [7, 11) is 2.13. The molecular formula is C17H27N. The van der Waals surface area contributed by atoms with Crippen molar-refractivity contribution in [2.24, 2.45) is 11.8 Å². The van der Waals surface area contributed by atoms with Gasteiger partial charge < -0.3 is 4.90 Å². The average Bonchev–Trinajstić information content (AvgIpc) is 2.83. The first-order valence-electron chi connectivity index (χ1n) is 7.08. The fraction of sp³-hybridized carbons (Fsp3) is 0.529. The third-order valence-electron chi connectivity index (χ3n) is 3.49. The fourth-order valence-corrected chi connectivity index (χ4v) is 2.31. The van der Waals surface area contributed by atoms with Gasteiger partial charge in [0.25, 0.3) is 0 Å². The van der Waals surface area contributed by atoms with Gasteiger partial charge in [-0.1, -0.05) is 56.9 Å². The molecule has 2 unspecified atom stereocenters. The van der Waals surface area contributed by atoms with Crippen molar-refractivity contribution in [3.05, 3.63) is 48.7 Å². The second kappa shape index (κ2) is 7.97. The van der Waals surface area contributed by atoms with Crippen molar-refractivity contribution in [3.8, 4) is 0 Å². The molecule has 0 bridgehead atoms. The lowest BCUT2D eigenvalue weighted by molar-refractivity contribution is 0.387. The molecule has 0 heterocycles. The summed E-state index contributed by atoms with van der Waals surface area (Å²) in [5.74, 6) is 1.09. The van der Waals surface area contributed by atoms with Crippen molar-refractivity contribution in [2.75, 3.05) is 13.6 Å². The molecule has 2 atom stereocenters.